The average molecular weight is 276 g/mol. The number of aromatic nitrogens is 2. The van der Waals surface area contributed by atoms with Crippen molar-refractivity contribution in [3.63, 3.8) is 0 Å². The van der Waals surface area contributed by atoms with Crippen molar-refractivity contribution in [1.29, 1.82) is 0 Å². The zero-order valence-corrected chi connectivity index (χ0v) is 12.7. The van der Waals surface area contributed by atoms with Crippen LogP contribution in [0.3, 0.4) is 0 Å². The number of likely N-dealkylation sites (N-methyl/N-ethyl adjacent to an activating group) is 1. The van der Waals surface area contributed by atoms with Crippen molar-refractivity contribution in [3.8, 4) is 0 Å². The third kappa shape index (κ3) is 3.36. The van der Waals surface area contributed by atoms with Crippen molar-refractivity contribution in [2.45, 2.75) is 19.1 Å². The molecule has 1 aromatic heterocycles. The molecule has 5 nitrogen and oxygen atoms in total. The first kappa shape index (κ1) is 15.0. The summed E-state index contributed by atoms with van der Waals surface area (Å²) in [4.78, 5) is 6.45. The van der Waals surface area contributed by atoms with E-state index in [1.807, 2.05) is 50.8 Å². The van der Waals surface area contributed by atoms with Crippen LogP contribution in [0.15, 0.2) is 24.5 Å². The summed E-state index contributed by atoms with van der Waals surface area (Å²) in [5.74, 6) is 0. The summed E-state index contributed by atoms with van der Waals surface area (Å²) in [5.41, 5.74) is 2.90. The van der Waals surface area contributed by atoms with Crippen LogP contribution in [0, 0.1) is 0 Å². The fourth-order valence-electron chi connectivity index (χ4n) is 2.25. The number of imidazole rings is 1. The number of hydrogen-bond acceptors (Lipinski definition) is 4. The molecule has 20 heavy (non-hydrogen) atoms. The number of nitrogens with one attached hydrogen (secondary N) is 1. The molecule has 0 radical (unpaired) electrons. The van der Waals surface area contributed by atoms with Crippen molar-refractivity contribution >= 4 is 11.0 Å². The Morgan fingerprint density at radius 3 is 2.85 bits per heavy atom. The molecule has 0 amide bonds. The first-order valence-electron chi connectivity index (χ1n) is 6.96. The minimum Gasteiger partial charge on any atom is -0.387 e. The summed E-state index contributed by atoms with van der Waals surface area (Å²) in [7, 11) is 6.05. The molecule has 0 fully saturated rings. The zero-order chi connectivity index (χ0) is 14.7. The molecule has 0 bridgehead atoms. The highest BCUT2D eigenvalue weighted by molar-refractivity contribution is 5.76. The van der Waals surface area contributed by atoms with E-state index in [-0.39, 0.29) is 6.04 Å². The maximum atomic E-state index is 10.4. The van der Waals surface area contributed by atoms with Gasteiger partial charge in [-0.05, 0) is 38.7 Å². The van der Waals surface area contributed by atoms with E-state index in [4.69, 9.17) is 0 Å². The molecule has 110 valence electrons. The van der Waals surface area contributed by atoms with E-state index in [0.717, 1.165) is 29.7 Å². The van der Waals surface area contributed by atoms with Crippen LogP contribution < -0.4 is 5.32 Å². The predicted molar refractivity (Wildman–Crippen MR) is 81.7 cm³/mol. The summed E-state index contributed by atoms with van der Waals surface area (Å²) in [6.45, 7) is 3.82. The Bertz CT molecular complexity index is 564. The quantitative estimate of drug-likeness (QED) is 0.831. The van der Waals surface area contributed by atoms with Crippen LogP contribution in [0.5, 0.6) is 0 Å². The third-order valence-electron chi connectivity index (χ3n) is 3.59. The first-order chi connectivity index (χ1) is 9.49. The SMILES string of the molecule is CC(NCCN(C)C)C(O)c1ccc2c(c1)ncn2C. The smallest absolute Gasteiger partial charge is 0.0955 e. The van der Waals surface area contributed by atoms with Gasteiger partial charge in [0, 0.05) is 26.2 Å². The van der Waals surface area contributed by atoms with E-state index in [1.54, 1.807) is 6.33 Å². The highest BCUT2D eigenvalue weighted by atomic mass is 16.3. The molecule has 0 saturated carbocycles. The van der Waals surface area contributed by atoms with Crippen molar-refractivity contribution in [2.24, 2.45) is 7.05 Å². The van der Waals surface area contributed by atoms with Gasteiger partial charge >= 0.3 is 0 Å². The van der Waals surface area contributed by atoms with Gasteiger partial charge in [-0.25, -0.2) is 4.98 Å². The first-order valence-corrected chi connectivity index (χ1v) is 6.96. The molecule has 2 aromatic rings. The molecule has 2 N–H and O–H groups in total. The number of nitrogens with zero attached hydrogens (tertiary/aromatic N) is 3. The molecule has 1 heterocycles. The van der Waals surface area contributed by atoms with Crippen molar-refractivity contribution < 1.29 is 5.11 Å². The Morgan fingerprint density at radius 2 is 2.15 bits per heavy atom. The van der Waals surface area contributed by atoms with Gasteiger partial charge in [-0.1, -0.05) is 6.07 Å². The van der Waals surface area contributed by atoms with Gasteiger partial charge in [0.05, 0.1) is 23.5 Å². The molecule has 0 aliphatic carbocycles. The second-order valence-electron chi connectivity index (χ2n) is 5.59. The minimum absolute atomic E-state index is 0.0103. The number of rotatable bonds is 6. The van der Waals surface area contributed by atoms with Gasteiger partial charge in [0.1, 0.15) is 0 Å². The molecule has 0 spiro atoms. The molecular formula is C15H24N4O. The summed E-state index contributed by atoms with van der Waals surface area (Å²) in [5, 5.41) is 13.8. The van der Waals surface area contributed by atoms with Gasteiger partial charge in [-0.2, -0.15) is 0 Å². The van der Waals surface area contributed by atoms with Gasteiger partial charge in [-0.3, -0.25) is 0 Å². The number of fused-ring (bicyclic) bond motifs is 1. The fraction of sp³-hybridized carbons (Fsp3) is 0.533. The maximum absolute atomic E-state index is 10.4. The summed E-state index contributed by atoms with van der Waals surface area (Å²) < 4.78 is 1.98. The van der Waals surface area contributed by atoms with Crippen LogP contribution in [-0.4, -0.2) is 52.8 Å². The lowest BCUT2D eigenvalue weighted by atomic mass is 10.0. The number of benzene rings is 1. The van der Waals surface area contributed by atoms with E-state index in [1.165, 1.54) is 0 Å². The van der Waals surface area contributed by atoms with Gasteiger partial charge < -0.3 is 19.9 Å². The van der Waals surface area contributed by atoms with Crippen molar-refractivity contribution in [3.05, 3.63) is 30.1 Å². The topological polar surface area (TPSA) is 53.3 Å². The Balaban J connectivity index is 2.04. The summed E-state index contributed by atoms with van der Waals surface area (Å²) in [6.07, 6.45) is 1.27. The lowest BCUT2D eigenvalue weighted by Crippen LogP contribution is -2.36. The van der Waals surface area contributed by atoms with E-state index in [9.17, 15) is 5.11 Å². The largest absolute Gasteiger partial charge is 0.387 e. The molecule has 1 aromatic carbocycles. The van der Waals surface area contributed by atoms with Crippen molar-refractivity contribution in [1.82, 2.24) is 19.8 Å². The predicted octanol–water partition coefficient (Wildman–Crippen LogP) is 1.15. The molecule has 2 atom stereocenters. The van der Waals surface area contributed by atoms with Crippen LogP contribution in [-0.2, 0) is 7.05 Å². The highest BCUT2D eigenvalue weighted by Crippen LogP contribution is 2.21. The van der Waals surface area contributed by atoms with Gasteiger partial charge in [0.15, 0.2) is 0 Å². The monoisotopic (exact) mass is 276 g/mol. The Kier molecular flexibility index (Phi) is 4.75. The number of hydrogen-bond donors (Lipinski definition) is 2. The van der Waals surface area contributed by atoms with Gasteiger partial charge in [-0.15, -0.1) is 0 Å². The molecule has 0 aliphatic heterocycles. The lowest BCUT2D eigenvalue weighted by Gasteiger charge is -2.21. The number of aliphatic hydroxyl groups excluding tert-OH is 1. The third-order valence-corrected chi connectivity index (χ3v) is 3.59. The summed E-state index contributed by atoms with van der Waals surface area (Å²) in [6, 6.07) is 5.95. The fourth-order valence-corrected chi connectivity index (χ4v) is 2.25. The number of aliphatic hydroxyl groups is 1. The van der Waals surface area contributed by atoms with Crippen LogP contribution in [0.2, 0.25) is 0 Å². The lowest BCUT2D eigenvalue weighted by molar-refractivity contribution is 0.135. The normalized spacial score (nSPS) is 14.9. The maximum Gasteiger partial charge on any atom is 0.0955 e. The van der Waals surface area contributed by atoms with Crippen LogP contribution in [0.4, 0.5) is 0 Å². The van der Waals surface area contributed by atoms with Gasteiger partial charge in [0.25, 0.3) is 0 Å². The highest BCUT2D eigenvalue weighted by Gasteiger charge is 2.16. The molecule has 0 aliphatic rings. The van der Waals surface area contributed by atoms with Crippen LogP contribution >= 0.6 is 0 Å². The van der Waals surface area contributed by atoms with E-state index in [2.05, 4.69) is 15.2 Å². The van der Waals surface area contributed by atoms with Gasteiger partial charge in [0.2, 0.25) is 0 Å². The second kappa shape index (κ2) is 6.35. The standard InChI is InChI=1S/C15H24N4O/c1-11(16-7-8-18(2)3)15(20)12-5-6-14-13(9-12)17-10-19(14)4/h5-6,9-11,15-16,20H,7-8H2,1-4H3. The van der Waals surface area contributed by atoms with Crippen molar-refractivity contribution in [2.75, 3.05) is 27.2 Å². The molecule has 2 rings (SSSR count). The second-order valence-corrected chi connectivity index (χ2v) is 5.59. The Labute approximate surface area is 120 Å². The zero-order valence-electron chi connectivity index (χ0n) is 12.7. The Morgan fingerprint density at radius 1 is 1.40 bits per heavy atom. The van der Waals surface area contributed by atoms with E-state index >= 15 is 0 Å². The molecule has 0 saturated heterocycles. The average Bonchev–Trinajstić information content (AvgIpc) is 2.78. The van der Waals surface area contributed by atoms with E-state index in [0.29, 0.717) is 0 Å². The minimum atomic E-state index is -0.524. The molecule has 2 unspecified atom stereocenters. The van der Waals surface area contributed by atoms with E-state index < -0.39 is 6.10 Å². The molecule has 5 heteroatoms. The Hall–Kier alpha value is -1.43. The number of aryl methyl sites for hydroxylation is 1. The van der Waals surface area contributed by atoms with Crippen LogP contribution in [0.1, 0.15) is 18.6 Å². The summed E-state index contributed by atoms with van der Waals surface area (Å²) >= 11 is 0. The van der Waals surface area contributed by atoms with Crippen LogP contribution in [0.25, 0.3) is 11.0 Å². The molecular weight excluding hydrogens is 252 g/mol.